The molecule has 11 heteroatoms. The van der Waals surface area contributed by atoms with Crippen molar-refractivity contribution in [1.29, 1.82) is 0 Å². The van der Waals surface area contributed by atoms with E-state index in [0.717, 1.165) is 48.0 Å². The number of aryl methyl sites for hydroxylation is 1. The van der Waals surface area contributed by atoms with E-state index in [1.165, 1.54) is 17.4 Å². The van der Waals surface area contributed by atoms with Crippen LogP contribution >= 0.6 is 22.9 Å². The SMILES string of the molecule is Cn1c(CN2CCN(c3cccc4c3O[C@](C)(c3ccc(Cl)cc3F)O4)CC2)nc2sc(C(=O)O)cc21. The van der Waals surface area contributed by atoms with Crippen LogP contribution in [0.3, 0.4) is 0 Å². The summed E-state index contributed by atoms with van der Waals surface area (Å²) in [6.07, 6.45) is 0. The Balaban J connectivity index is 1.16. The minimum absolute atomic E-state index is 0.286. The summed E-state index contributed by atoms with van der Waals surface area (Å²) >= 11 is 7.13. The summed E-state index contributed by atoms with van der Waals surface area (Å²) in [4.78, 5) is 21.5. The number of hydrogen-bond donors (Lipinski definition) is 1. The van der Waals surface area contributed by atoms with Gasteiger partial charge in [-0.3, -0.25) is 4.90 Å². The van der Waals surface area contributed by atoms with Gasteiger partial charge >= 0.3 is 5.97 Å². The van der Waals surface area contributed by atoms with Crippen molar-refractivity contribution < 1.29 is 23.8 Å². The van der Waals surface area contributed by atoms with Crippen LogP contribution in [0.5, 0.6) is 11.5 Å². The zero-order chi connectivity index (χ0) is 25.9. The first-order chi connectivity index (χ1) is 17.7. The Morgan fingerprint density at radius 1 is 1.19 bits per heavy atom. The van der Waals surface area contributed by atoms with Gasteiger partial charge in [0.25, 0.3) is 5.79 Å². The van der Waals surface area contributed by atoms with Crippen molar-refractivity contribution in [3.63, 3.8) is 0 Å². The highest BCUT2D eigenvalue weighted by atomic mass is 35.5. The van der Waals surface area contributed by atoms with Crippen molar-refractivity contribution >= 4 is 44.9 Å². The van der Waals surface area contributed by atoms with E-state index in [9.17, 15) is 14.3 Å². The molecule has 2 aliphatic rings. The predicted molar refractivity (Wildman–Crippen MR) is 140 cm³/mol. The standard InChI is InChI=1S/C26H24ClFN4O4S/c1-26(16-7-6-15(27)12-17(16)28)35-20-5-3-4-18(23(20)36-26)32-10-8-31(9-11-32)14-22-29-24-19(30(22)2)13-21(37-24)25(33)34/h3-7,12-13H,8-11,14H2,1-2H3,(H,33,34)/t26-/m1/s1. The number of carbonyl (C=O) groups is 1. The number of aromatic carboxylic acids is 1. The summed E-state index contributed by atoms with van der Waals surface area (Å²) in [6, 6.07) is 11.9. The van der Waals surface area contributed by atoms with E-state index < -0.39 is 17.6 Å². The quantitative estimate of drug-likeness (QED) is 0.376. The first-order valence-corrected chi connectivity index (χ1v) is 13.0. The van der Waals surface area contributed by atoms with Crippen LogP contribution in [-0.2, 0) is 19.4 Å². The number of piperazine rings is 1. The van der Waals surface area contributed by atoms with Crippen LogP contribution in [0.1, 0.15) is 28.0 Å². The molecule has 192 valence electrons. The predicted octanol–water partition coefficient (Wildman–Crippen LogP) is 5.09. The maximum Gasteiger partial charge on any atom is 0.346 e. The number of thiophene rings is 1. The van der Waals surface area contributed by atoms with E-state index in [1.54, 1.807) is 25.1 Å². The van der Waals surface area contributed by atoms with Gasteiger partial charge in [0.15, 0.2) is 11.5 Å². The normalized spacial score (nSPS) is 19.6. The highest BCUT2D eigenvalue weighted by Gasteiger charge is 2.42. The Hall–Kier alpha value is -3.34. The average Bonchev–Trinajstić information content (AvgIpc) is 3.52. The lowest BCUT2D eigenvalue weighted by Gasteiger charge is -2.36. The van der Waals surface area contributed by atoms with Gasteiger partial charge in [0.2, 0.25) is 0 Å². The zero-order valence-electron chi connectivity index (χ0n) is 20.2. The van der Waals surface area contributed by atoms with Crippen LogP contribution in [-0.4, -0.2) is 51.7 Å². The van der Waals surface area contributed by atoms with Gasteiger partial charge in [-0.15, -0.1) is 11.3 Å². The fourth-order valence-electron chi connectivity index (χ4n) is 4.95. The van der Waals surface area contributed by atoms with Gasteiger partial charge in [-0.1, -0.05) is 17.7 Å². The molecule has 4 aromatic rings. The Morgan fingerprint density at radius 3 is 2.68 bits per heavy atom. The minimum atomic E-state index is -1.29. The number of fused-ring (bicyclic) bond motifs is 2. The highest BCUT2D eigenvalue weighted by Crippen LogP contribution is 2.50. The van der Waals surface area contributed by atoms with E-state index >= 15 is 0 Å². The largest absolute Gasteiger partial charge is 0.477 e. The second-order valence-electron chi connectivity index (χ2n) is 9.33. The Bertz CT molecular complexity index is 1530. The molecule has 1 atom stereocenters. The molecule has 0 saturated carbocycles. The lowest BCUT2D eigenvalue weighted by Crippen LogP contribution is -2.46. The Kier molecular flexibility index (Phi) is 5.78. The number of anilines is 1. The fourth-order valence-corrected chi connectivity index (χ4v) is 6.02. The number of carboxylic acids is 1. The van der Waals surface area contributed by atoms with Crippen molar-refractivity contribution in [3.05, 3.63) is 69.6 Å². The number of rotatable bonds is 5. The zero-order valence-corrected chi connectivity index (χ0v) is 21.8. The first-order valence-electron chi connectivity index (χ1n) is 11.8. The smallest absolute Gasteiger partial charge is 0.346 e. The lowest BCUT2D eigenvalue weighted by molar-refractivity contribution is -0.0705. The van der Waals surface area contributed by atoms with Gasteiger partial charge in [-0.2, -0.15) is 0 Å². The molecule has 0 spiro atoms. The van der Waals surface area contributed by atoms with Gasteiger partial charge in [0.1, 0.15) is 21.3 Å². The van der Waals surface area contributed by atoms with Crippen LogP contribution in [0.4, 0.5) is 10.1 Å². The molecule has 37 heavy (non-hydrogen) atoms. The molecule has 8 nitrogen and oxygen atoms in total. The van der Waals surface area contributed by atoms with Crippen LogP contribution in [0.25, 0.3) is 10.3 Å². The number of benzene rings is 2. The van der Waals surface area contributed by atoms with Crippen molar-refractivity contribution in [2.24, 2.45) is 7.05 Å². The van der Waals surface area contributed by atoms with Gasteiger partial charge in [-0.25, -0.2) is 14.2 Å². The van der Waals surface area contributed by atoms with E-state index in [-0.39, 0.29) is 5.56 Å². The summed E-state index contributed by atoms with van der Waals surface area (Å²) in [5, 5.41) is 9.55. The molecule has 0 unspecified atom stereocenters. The van der Waals surface area contributed by atoms with Gasteiger partial charge in [0.05, 0.1) is 23.3 Å². The Labute approximate surface area is 221 Å². The molecule has 2 aromatic heterocycles. The van der Waals surface area contributed by atoms with Crippen molar-refractivity contribution in [2.45, 2.75) is 19.3 Å². The maximum atomic E-state index is 14.7. The van der Waals surface area contributed by atoms with E-state index in [1.807, 2.05) is 29.8 Å². The third kappa shape index (κ3) is 4.18. The number of hydrogen-bond acceptors (Lipinski definition) is 7. The molecule has 4 heterocycles. The average molecular weight is 543 g/mol. The summed E-state index contributed by atoms with van der Waals surface area (Å²) in [5.41, 5.74) is 2.04. The summed E-state index contributed by atoms with van der Waals surface area (Å²) in [6.45, 7) is 5.55. The molecule has 0 radical (unpaired) electrons. The maximum absolute atomic E-state index is 14.7. The molecule has 6 rings (SSSR count). The summed E-state index contributed by atoms with van der Waals surface area (Å²) in [5.74, 6) is -0.616. The number of imidazole rings is 1. The summed E-state index contributed by atoms with van der Waals surface area (Å²) < 4.78 is 29.0. The third-order valence-electron chi connectivity index (χ3n) is 6.94. The van der Waals surface area contributed by atoms with Crippen LogP contribution < -0.4 is 14.4 Å². The molecule has 1 fully saturated rings. The topological polar surface area (TPSA) is 80.1 Å². The number of carboxylic acid groups (broad SMARTS) is 1. The molecule has 1 saturated heterocycles. The van der Waals surface area contributed by atoms with Crippen LogP contribution in [0.15, 0.2) is 42.5 Å². The Morgan fingerprint density at radius 2 is 1.97 bits per heavy atom. The molecule has 2 aliphatic heterocycles. The number of halogens is 2. The minimum Gasteiger partial charge on any atom is -0.477 e. The molecule has 2 aromatic carbocycles. The van der Waals surface area contributed by atoms with Gasteiger partial charge < -0.3 is 24.0 Å². The van der Waals surface area contributed by atoms with E-state index in [0.29, 0.717) is 27.9 Å². The number of ether oxygens (including phenoxy) is 2. The van der Waals surface area contributed by atoms with Gasteiger partial charge in [-0.05, 0) is 36.4 Å². The first kappa shape index (κ1) is 24.0. The van der Waals surface area contributed by atoms with Crippen LogP contribution in [0, 0.1) is 5.82 Å². The summed E-state index contributed by atoms with van der Waals surface area (Å²) in [7, 11) is 1.92. The molecule has 1 N–H and O–H groups in total. The monoisotopic (exact) mass is 542 g/mol. The van der Waals surface area contributed by atoms with Crippen molar-refractivity contribution in [2.75, 3.05) is 31.1 Å². The lowest BCUT2D eigenvalue weighted by atomic mass is 10.1. The fraction of sp³-hybridized carbons (Fsp3) is 0.308. The van der Waals surface area contributed by atoms with Crippen molar-refractivity contribution in [1.82, 2.24) is 14.5 Å². The van der Waals surface area contributed by atoms with Crippen LogP contribution in [0.2, 0.25) is 5.02 Å². The molecule has 0 aliphatic carbocycles. The second kappa shape index (κ2) is 8.90. The van der Waals surface area contributed by atoms with E-state index in [2.05, 4.69) is 14.8 Å². The van der Waals surface area contributed by atoms with Crippen molar-refractivity contribution in [3.8, 4) is 11.5 Å². The highest BCUT2D eigenvalue weighted by molar-refractivity contribution is 7.20. The molecule has 0 amide bonds. The molecule has 0 bridgehead atoms. The molecular weight excluding hydrogens is 519 g/mol. The van der Waals surface area contributed by atoms with Gasteiger partial charge in [0, 0.05) is 45.2 Å². The number of para-hydroxylation sites is 1. The second-order valence-corrected chi connectivity index (χ2v) is 10.8. The molecular formula is C26H24ClFN4O4S. The number of nitrogens with zero attached hydrogens (tertiary/aromatic N) is 4. The van der Waals surface area contributed by atoms with E-state index in [4.69, 9.17) is 21.1 Å². The third-order valence-corrected chi connectivity index (χ3v) is 8.18. The number of aromatic nitrogens is 2.